The Bertz CT molecular complexity index is 541. The van der Waals surface area contributed by atoms with Gasteiger partial charge in [-0.2, -0.15) is 0 Å². The fourth-order valence-electron chi connectivity index (χ4n) is 1.79. The van der Waals surface area contributed by atoms with Gasteiger partial charge < -0.3 is 4.74 Å². The fourth-order valence-corrected chi connectivity index (χ4v) is 1.79. The van der Waals surface area contributed by atoms with E-state index in [4.69, 9.17) is 4.74 Å². The van der Waals surface area contributed by atoms with Crippen LogP contribution in [0.5, 0.6) is 5.75 Å². The second-order valence-electron chi connectivity index (χ2n) is 4.32. The maximum atomic E-state index is 11.5. The lowest BCUT2D eigenvalue weighted by molar-refractivity contribution is 0.101. The molecule has 0 saturated carbocycles. The quantitative estimate of drug-likeness (QED) is 0.760. The summed E-state index contributed by atoms with van der Waals surface area (Å²) in [5.74, 6) is 0.886. The molecule has 0 fully saturated rings. The van der Waals surface area contributed by atoms with E-state index in [2.05, 4.69) is 0 Å². The molecule has 2 rings (SSSR count). The molecule has 0 spiro atoms. The van der Waals surface area contributed by atoms with Gasteiger partial charge in [-0.3, -0.25) is 4.79 Å². The van der Waals surface area contributed by atoms with Gasteiger partial charge in [0.05, 0.1) is 0 Å². The van der Waals surface area contributed by atoms with E-state index in [1.165, 1.54) is 5.56 Å². The van der Waals surface area contributed by atoms with Crippen molar-refractivity contribution < 1.29 is 9.53 Å². The molecule has 0 unspecified atom stereocenters. The second kappa shape index (κ2) is 5.50. The Kier molecular flexibility index (Phi) is 3.78. The molecular weight excluding hydrogens is 224 g/mol. The van der Waals surface area contributed by atoms with Crippen LogP contribution in [0, 0.1) is 6.92 Å². The minimum atomic E-state index is 0.0677. The van der Waals surface area contributed by atoms with Gasteiger partial charge in [0.25, 0.3) is 0 Å². The van der Waals surface area contributed by atoms with Gasteiger partial charge in [-0.25, -0.2) is 0 Å². The summed E-state index contributed by atoms with van der Waals surface area (Å²) in [5.41, 5.74) is 2.85. The first-order valence-corrected chi connectivity index (χ1v) is 5.95. The summed E-state index contributed by atoms with van der Waals surface area (Å²) in [4.78, 5) is 11.5. The van der Waals surface area contributed by atoms with Crippen molar-refractivity contribution in [2.75, 3.05) is 0 Å². The van der Waals surface area contributed by atoms with Crippen LogP contribution in [-0.4, -0.2) is 5.78 Å². The van der Waals surface area contributed by atoms with Gasteiger partial charge in [0.15, 0.2) is 5.78 Å². The summed E-state index contributed by atoms with van der Waals surface area (Å²) in [6.45, 7) is 4.03. The van der Waals surface area contributed by atoms with Crippen LogP contribution >= 0.6 is 0 Å². The average Bonchev–Trinajstić information content (AvgIpc) is 2.38. The summed E-state index contributed by atoms with van der Waals surface area (Å²) >= 11 is 0. The predicted octanol–water partition coefficient (Wildman–Crippen LogP) is 3.78. The molecule has 0 radical (unpaired) electrons. The lowest BCUT2D eigenvalue weighted by Gasteiger charge is -2.09. The van der Waals surface area contributed by atoms with E-state index in [0.29, 0.717) is 6.61 Å². The number of ketones is 1. The third-order valence-corrected chi connectivity index (χ3v) is 2.81. The van der Waals surface area contributed by atoms with Crippen molar-refractivity contribution in [2.45, 2.75) is 20.5 Å². The molecule has 0 bridgehead atoms. The number of aryl methyl sites for hydroxylation is 1. The molecule has 0 saturated heterocycles. The number of carbonyl (C=O) groups is 1. The fraction of sp³-hybridized carbons (Fsp3) is 0.188. The van der Waals surface area contributed by atoms with Crippen LogP contribution in [0.1, 0.15) is 28.4 Å². The molecule has 0 amide bonds. The van der Waals surface area contributed by atoms with Gasteiger partial charge in [0, 0.05) is 11.1 Å². The Hall–Kier alpha value is -2.09. The van der Waals surface area contributed by atoms with Crippen molar-refractivity contribution in [1.29, 1.82) is 0 Å². The van der Waals surface area contributed by atoms with Crippen LogP contribution in [0.25, 0.3) is 0 Å². The standard InChI is InChI=1S/C16H16O2/c1-12-7-9-15(10-8-12)18-11-14-5-3-4-6-16(14)13(2)17/h3-10H,11H2,1-2H3. The smallest absolute Gasteiger partial charge is 0.160 e. The molecule has 0 atom stereocenters. The Balaban J connectivity index is 2.10. The molecule has 2 aromatic carbocycles. The van der Waals surface area contributed by atoms with Crippen LogP contribution in [0.4, 0.5) is 0 Å². The van der Waals surface area contributed by atoms with Crippen molar-refractivity contribution >= 4 is 5.78 Å². The van der Waals surface area contributed by atoms with Crippen LogP contribution in [0.2, 0.25) is 0 Å². The zero-order valence-electron chi connectivity index (χ0n) is 10.6. The third kappa shape index (κ3) is 2.98. The molecule has 0 aliphatic carbocycles. The molecule has 18 heavy (non-hydrogen) atoms. The highest BCUT2D eigenvalue weighted by molar-refractivity contribution is 5.95. The molecule has 0 heterocycles. The van der Waals surface area contributed by atoms with E-state index in [1.807, 2.05) is 55.5 Å². The first-order valence-electron chi connectivity index (χ1n) is 5.95. The highest BCUT2D eigenvalue weighted by Crippen LogP contribution is 2.16. The second-order valence-corrected chi connectivity index (χ2v) is 4.32. The van der Waals surface area contributed by atoms with Crippen molar-refractivity contribution in [3.05, 3.63) is 65.2 Å². The van der Waals surface area contributed by atoms with E-state index in [-0.39, 0.29) is 5.78 Å². The van der Waals surface area contributed by atoms with Crippen LogP contribution in [0.15, 0.2) is 48.5 Å². The lowest BCUT2D eigenvalue weighted by atomic mass is 10.1. The molecule has 2 nitrogen and oxygen atoms in total. The Labute approximate surface area is 107 Å². The van der Waals surface area contributed by atoms with E-state index in [1.54, 1.807) is 6.92 Å². The Morgan fingerprint density at radius 2 is 1.72 bits per heavy atom. The van der Waals surface area contributed by atoms with Crippen LogP contribution < -0.4 is 4.74 Å². The zero-order valence-corrected chi connectivity index (χ0v) is 10.6. The van der Waals surface area contributed by atoms with E-state index >= 15 is 0 Å². The normalized spacial score (nSPS) is 10.1. The first-order chi connectivity index (χ1) is 8.66. The van der Waals surface area contributed by atoms with E-state index in [0.717, 1.165) is 16.9 Å². The molecular formula is C16H16O2. The molecule has 0 aliphatic rings. The minimum absolute atomic E-state index is 0.0677. The SMILES string of the molecule is CC(=O)c1ccccc1COc1ccc(C)cc1. The maximum Gasteiger partial charge on any atom is 0.160 e. The highest BCUT2D eigenvalue weighted by Gasteiger charge is 2.06. The van der Waals surface area contributed by atoms with Gasteiger partial charge in [-0.1, -0.05) is 42.0 Å². The summed E-state index contributed by atoms with van der Waals surface area (Å²) in [6.07, 6.45) is 0. The molecule has 0 aromatic heterocycles. The highest BCUT2D eigenvalue weighted by atomic mass is 16.5. The Morgan fingerprint density at radius 1 is 1.06 bits per heavy atom. The van der Waals surface area contributed by atoms with Gasteiger partial charge in [0.1, 0.15) is 12.4 Å². The topological polar surface area (TPSA) is 26.3 Å². The number of ether oxygens (including phenoxy) is 1. The monoisotopic (exact) mass is 240 g/mol. The van der Waals surface area contributed by atoms with Crippen LogP contribution in [0.3, 0.4) is 0 Å². The number of benzene rings is 2. The van der Waals surface area contributed by atoms with Crippen molar-refractivity contribution in [3.8, 4) is 5.75 Å². The van der Waals surface area contributed by atoms with Gasteiger partial charge in [-0.15, -0.1) is 0 Å². The summed E-state index contributed by atoms with van der Waals surface area (Å²) in [7, 11) is 0. The van der Waals surface area contributed by atoms with E-state index in [9.17, 15) is 4.79 Å². The van der Waals surface area contributed by atoms with E-state index < -0.39 is 0 Å². The largest absolute Gasteiger partial charge is 0.489 e. The van der Waals surface area contributed by atoms with Gasteiger partial charge in [0.2, 0.25) is 0 Å². The number of rotatable bonds is 4. The first kappa shape index (κ1) is 12.4. The molecule has 2 aromatic rings. The third-order valence-electron chi connectivity index (χ3n) is 2.81. The lowest BCUT2D eigenvalue weighted by Crippen LogP contribution is -2.03. The van der Waals surface area contributed by atoms with Gasteiger partial charge >= 0.3 is 0 Å². The van der Waals surface area contributed by atoms with Crippen molar-refractivity contribution in [1.82, 2.24) is 0 Å². The van der Waals surface area contributed by atoms with Crippen molar-refractivity contribution in [3.63, 3.8) is 0 Å². The number of Topliss-reactive ketones (excluding diaryl/α,β-unsaturated/α-hetero) is 1. The average molecular weight is 240 g/mol. The predicted molar refractivity (Wildman–Crippen MR) is 72.0 cm³/mol. The summed E-state index contributed by atoms with van der Waals surface area (Å²) in [6, 6.07) is 15.4. The van der Waals surface area contributed by atoms with Crippen molar-refractivity contribution in [2.24, 2.45) is 0 Å². The summed E-state index contributed by atoms with van der Waals surface area (Å²) < 4.78 is 5.69. The molecule has 92 valence electrons. The molecule has 0 N–H and O–H groups in total. The summed E-state index contributed by atoms with van der Waals surface area (Å²) in [5, 5.41) is 0. The number of hydrogen-bond acceptors (Lipinski definition) is 2. The maximum absolute atomic E-state index is 11.5. The zero-order chi connectivity index (χ0) is 13.0. The Morgan fingerprint density at radius 3 is 2.39 bits per heavy atom. The number of hydrogen-bond donors (Lipinski definition) is 0. The number of carbonyl (C=O) groups excluding carboxylic acids is 1. The van der Waals surface area contributed by atoms with Crippen LogP contribution in [-0.2, 0) is 6.61 Å². The molecule has 0 aliphatic heterocycles. The minimum Gasteiger partial charge on any atom is -0.489 e. The molecule has 2 heteroatoms. The van der Waals surface area contributed by atoms with Gasteiger partial charge in [-0.05, 0) is 26.0 Å².